The number of rotatable bonds is 2. The summed E-state index contributed by atoms with van der Waals surface area (Å²) in [5.41, 5.74) is 2.79. The largest absolute Gasteiger partial charge is 0.355 e. The van der Waals surface area contributed by atoms with Gasteiger partial charge in [0.1, 0.15) is 34.7 Å². The van der Waals surface area contributed by atoms with Crippen LogP contribution in [0.4, 0.5) is 26.0 Å². The highest BCUT2D eigenvalue weighted by Gasteiger charge is 2.27. The standard InChI is InChI=1S/C22H19F2N7/c1-12-20-21(30-29-12)14-8-18(31-7-3-4-13(9-25)11-31)26-10-17(14)27-22(28-20)19-15(23)5-2-6-16(19)24/h2,5-6,8,10,13H,3-4,7,11H2,1H3,(H,27,28)(H,29,30)/t13-/m1/s1. The number of benzene rings is 1. The fourth-order valence-corrected chi connectivity index (χ4v) is 4.06. The number of anilines is 2. The van der Waals surface area contributed by atoms with Gasteiger partial charge in [-0.15, -0.1) is 0 Å². The third-order valence-corrected chi connectivity index (χ3v) is 5.66. The normalized spacial score (nSPS) is 17.7. The number of aromatic nitrogens is 3. The first-order valence-electron chi connectivity index (χ1n) is 10.0. The van der Waals surface area contributed by atoms with E-state index in [0.29, 0.717) is 29.3 Å². The lowest BCUT2D eigenvalue weighted by Gasteiger charge is -2.31. The van der Waals surface area contributed by atoms with Crippen molar-refractivity contribution in [1.82, 2.24) is 15.2 Å². The predicted molar refractivity (Wildman–Crippen MR) is 113 cm³/mol. The number of hydrogen-bond donors (Lipinski definition) is 2. The Morgan fingerprint density at radius 1 is 1.26 bits per heavy atom. The van der Waals surface area contributed by atoms with Crippen LogP contribution in [0.25, 0.3) is 11.3 Å². The van der Waals surface area contributed by atoms with Crippen LogP contribution in [0.1, 0.15) is 24.1 Å². The molecule has 4 heterocycles. The van der Waals surface area contributed by atoms with E-state index in [0.717, 1.165) is 30.8 Å². The van der Waals surface area contributed by atoms with E-state index in [4.69, 9.17) is 0 Å². The van der Waals surface area contributed by atoms with Gasteiger partial charge in [-0.1, -0.05) is 6.07 Å². The number of piperidine rings is 1. The number of nitrogens with one attached hydrogen (secondary N) is 2. The van der Waals surface area contributed by atoms with Gasteiger partial charge < -0.3 is 10.2 Å². The summed E-state index contributed by atoms with van der Waals surface area (Å²) in [6.07, 6.45) is 3.42. The van der Waals surface area contributed by atoms with Gasteiger partial charge >= 0.3 is 0 Å². The summed E-state index contributed by atoms with van der Waals surface area (Å²) in [4.78, 5) is 11.2. The number of nitrogens with zero attached hydrogens (tertiary/aromatic N) is 5. The molecule has 0 unspecified atom stereocenters. The van der Waals surface area contributed by atoms with Crippen LogP contribution in [-0.4, -0.2) is 34.1 Å². The van der Waals surface area contributed by atoms with Crippen molar-refractivity contribution in [1.29, 1.82) is 5.26 Å². The molecule has 2 aliphatic rings. The molecule has 0 radical (unpaired) electrons. The molecule has 2 N–H and O–H groups in total. The van der Waals surface area contributed by atoms with Gasteiger partial charge in [0, 0.05) is 18.7 Å². The van der Waals surface area contributed by atoms with Crippen molar-refractivity contribution in [3.63, 3.8) is 0 Å². The third kappa shape index (κ3) is 3.30. The number of aryl methyl sites for hydroxylation is 1. The van der Waals surface area contributed by atoms with E-state index in [1.807, 2.05) is 6.07 Å². The Morgan fingerprint density at radius 3 is 2.84 bits per heavy atom. The molecule has 9 heteroatoms. The highest BCUT2D eigenvalue weighted by molar-refractivity contribution is 6.13. The van der Waals surface area contributed by atoms with Crippen molar-refractivity contribution >= 4 is 23.0 Å². The van der Waals surface area contributed by atoms with Crippen molar-refractivity contribution in [2.24, 2.45) is 10.9 Å². The summed E-state index contributed by atoms with van der Waals surface area (Å²) >= 11 is 0. The SMILES string of the molecule is Cc1[nH]nc2c1N=C(c1c(F)cccc1F)Nc1cnc(N3CCC[C@H](C#N)C3)cc1-2. The van der Waals surface area contributed by atoms with E-state index < -0.39 is 11.6 Å². The maximum Gasteiger partial charge on any atom is 0.144 e. The fraction of sp³-hybridized carbons (Fsp3) is 0.273. The molecule has 1 aromatic carbocycles. The van der Waals surface area contributed by atoms with Crippen molar-refractivity contribution in [2.45, 2.75) is 19.8 Å². The van der Waals surface area contributed by atoms with Gasteiger partial charge in [-0.05, 0) is 38.0 Å². The molecule has 3 aromatic rings. The highest BCUT2D eigenvalue weighted by atomic mass is 19.1. The zero-order valence-electron chi connectivity index (χ0n) is 16.8. The minimum absolute atomic E-state index is 0.0327. The van der Waals surface area contributed by atoms with Gasteiger partial charge in [0.25, 0.3) is 0 Å². The molecule has 31 heavy (non-hydrogen) atoms. The maximum absolute atomic E-state index is 14.5. The molecular weight excluding hydrogens is 400 g/mol. The zero-order chi connectivity index (χ0) is 21.5. The van der Waals surface area contributed by atoms with Crippen molar-refractivity contribution < 1.29 is 8.78 Å². The smallest absolute Gasteiger partial charge is 0.144 e. The zero-order valence-corrected chi connectivity index (χ0v) is 16.8. The van der Waals surface area contributed by atoms with Crippen LogP contribution < -0.4 is 10.2 Å². The minimum atomic E-state index is -0.710. The van der Waals surface area contributed by atoms with E-state index in [1.54, 1.807) is 13.1 Å². The Morgan fingerprint density at radius 2 is 2.06 bits per heavy atom. The van der Waals surface area contributed by atoms with Gasteiger partial charge in [0.2, 0.25) is 0 Å². The van der Waals surface area contributed by atoms with Crippen LogP contribution in [0.15, 0.2) is 35.5 Å². The van der Waals surface area contributed by atoms with Crippen molar-refractivity contribution in [2.75, 3.05) is 23.3 Å². The van der Waals surface area contributed by atoms with E-state index in [9.17, 15) is 14.0 Å². The number of aliphatic imine (C=N–C) groups is 1. The average Bonchev–Trinajstić information content (AvgIpc) is 3.05. The number of amidine groups is 1. The summed E-state index contributed by atoms with van der Waals surface area (Å²) in [7, 11) is 0. The monoisotopic (exact) mass is 419 g/mol. The Hall–Kier alpha value is -3.80. The molecule has 1 saturated heterocycles. The molecule has 156 valence electrons. The lowest BCUT2D eigenvalue weighted by atomic mass is 9.99. The number of H-pyrrole nitrogens is 1. The lowest BCUT2D eigenvalue weighted by Crippen LogP contribution is -2.35. The van der Waals surface area contributed by atoms with Gasteiger partial charge in [-0.25, -0.2) is 18.8 Å². The van der Waals surface area contributed by atoms with Gasteiger partial charge in [0.15, 0.2) is 0 Å². The summed E-state index contributed by atoms with van der Waals surface area (Å²) in [5.74, 6) is -0.671. The van der Waals surface area contributed by atoms with Crippen molar-refractivity contribution in [3.8, 4) is 17.3 Å². The molecule has 2 aromatic heterocycles. The number of pyridine rings is 1. The van der Waals surface area contributed by atoms with Crippen molar-refractivity contribution in [3.05, 3.63) is 53.4 Å². The molecule has 0 bridgehead atoms. The van der Waals surface area contributed by atoms with Gasteiger partial charge in [-0.2, -0.15) is 10.4 Å². The molecule has 7 nitrogen and oxygen atoms in total. The van der Waals surface area contributed by atoms with E-state index >= 15 is 0 Å². The molecule has 1 fully saturated rings. The quantitative estimate of drug-likeness (QED) is 0.646. The molecule has 0 saturated carbocycles. The lowest BCUT2D eigenvalue weighted by molar-refractivity contribution is 0.491. The van der Waals surface area contributed by atoms with Crippen LogP contribution in [0, 0.1) is 35.8 Å². The van der Waals surface area contributed by atoms with Crippen LogP contribution >= 0.6 is 0 Å². The fourth-order valence-electron chi connectivity index (χ4n) is 4.06. The number of fused-ring (bicyclic) bond motifs is 3. The summed E-state index contributed by atoms with van der Waals surface area (Å²) in [6, 6.07) is 7.93. The first kappa shape index (κ1) is 19.2. The first-order valence-corrected chi connectivity index (χ1v) is 10.0. The molecule has 1 atom stereocenters. The summed E-state index contributed by atoms with van der Waals surface area (Å²) in [5, 5.41) is 19.7. The predicted octanol–water partition coefficient (Wildman–Crippen LogP) is 4.30. The van der Waals surface area contributed by atoms with Crippen LogP contribution in [0.3, 0.4) is 0 Å². The summed E-state index contributed by atoms with van der Waals surface area (Å²) < 4.78 is 29.0. The second kappa shape index (κ2) is 7.47. The molecular formula is C22H19F2N7. The molecule has 5 rings (SSSR count). The number of hydrogen-bond acceptors (Lipinski definition) is 6. The Labute approximate surface area is 177 Å². The maximum atomic E-state index is 14.5. The van der Waals surface area contributed by atoms with Crippen LogP contribution in [0.5, 0.6) is 0 Å². The molecule has 0 spiro atoms. The third-order valence-electron chi connectivity index (χ3n) is 5.66. The van der Waals surface area contributed by atoms with E-state index in [2.05, 4.69) is 36.5 Å². The van der Waals surface area contributed by atoms with Crippen LogP contribution in [0.2, 0.25) is 0 Å². The average molecular weight is 419 g/mol. The van der Waals surface area contributed by atoms with Gasteiger partial charge in [0.05, 0.1) is 35.1 Å². The second-order valence-electron chi connectivity index (χ2n) is 7.73. The molecule has 0 amide bonds. The second-order valence-corrected chi connectivity index (χ2v) is 7.73. The molecule has 0 aliphatic carbocycles. The van der Waals surface area contributed by atoms with Crippen LogP contribution in [-0.2, 0) is 0 Å². The topological polar surface area (TPSA) is 93.0 Å². The number of aromatic amines is 1. The summed E-state index contributed by atoms with van der Waals surface area (Å²) in [6.45, 7) is 3.23. The Balaban J connectivity index is 1.62. The van der Waals surface area contributed by atoms with E-state index in [1.165, 1.54) is 18.2 Å². The van der Waals surface area contributed by atoms with E-state index in [-0.39, 0.29) is 17.3 Å². The Kier molecular flexibility index (Phi) is 4.62. The first-order chi connectivity index (χ1) is 15.0. The number of halogens is 2. The Bertz CT molecular complexity index is 1220. The van der Waals surface area contributed by atoms with Gasteiger partial charge in [-0.3, -0.25) is 5.10 Å². The minimum Gasteiger partial charge on any atom is -0.355 e. The highest BCUT2D eigenvalue weighted by Crippen LogP contribution is 2.40. The molecule has 2 aliphatic heterocycles. The number of nitriles is 1.